The number of piperidine rings is 1. The van der Waals surface area contributed by atoms with Crippen LogP contribution in [0.15, 0.2) is 29.2 Å². The van der Waals surface area contributed by atoms with E-state index in [4.69, 9.17) is 16.3 Å². The molecule has 3 fully saturated rings. The standard InChI is InChI=1S/C22H32ClN3O4S/c23-19-8-4-5-9-21(19)31(28,29)26-14-15-30-20(16-26)22(27)24-17-10-12-25(13-11-17)18-6-2-1-3-7-18/h4-5,8-9,17-18,20H,1-3,6-7,10-16H2,(H,24,27)/t20-/m1/s1. The van der Waals surface area contributed by atoms with Gasteiger partial charge in [0.15, 0.2) is 0 Å². The Bertz CT molecular complexity index is 867. The highest BCUT2D eigenvalue weighted by atomic mass is 35.5. The molecule has 0 unspecified atom stereocenters. The maximum Gasteiger partial charge on any atom is 0.250 e. The number of sulfonamides is 1. The predicted molar refractivity (Wildman–Crippen MR) is 120 cm³/mol. The lowest BCUT2D eigenvalue weighted by Crippen LogP contribution is -2.55. The van der Waals surface area contributed by atoms with Crippen LogP contribution < -0.4 is 5.32 Å². The highest BCUT2D eigenvalue weighted by Crippen LogP contribution is 2.27. The number of nitrogens with zero attached hydrogens (tertiary/aromatic N) is 2. The molecule has 0 aromatic heterocycles. The summed E-state index contributed by atoms with van der Waals surface area (Å²) in [6.07, 6.45) is 7.65. The molecule has 0 radical (unpaired) electrons. The number of hydrogen-bond acceptors (Lipinski definition) is 5. The Labute approximate surface area is 190 Å². The summed E-state index contributed by atoms with van der Waals surface area (Å²) in [5, 5.41) is 3.28. The number of nitrogens with one attached hydrogen (secondary N) is 1. The SMILES string of the molecule is O=C(NC1CCN(C2CCCCC2)CC1)[C@H]1CN(S(=O)(=O)c2ccccc2Cl)CCO1. The fourth-order valence-electron chi connectivity index (χ4n) is 4.94. The zero-order valence-electron chi connectivity index (χ0n) is 17.8. The van der Waals surface area contributed by atoms with E-state index in [9.17, 15) is 13.2 Å². The van der Waals surface area contributed by atoms with Crippen molar-refractivity contribution in [2.75, 3.05) is 32.8 Å². The third-order valence-electron chi connectivity index (χ3n) is 6.74. The van der Waals surface area contributed by atoms with Crippen molar-refractivity contribution in [3.63, 3.8) is 0 Å². The first-order chi connectivity index (χ1) is 14.9. The number of carbonyl (C=O) groups excluding carboxylic acids is 1. The molecule has 0 bridgehead atoms. The van der Waals surface area contributed by atoms with E-state index in [0.717, 1.165) is 25.9 Å². The van der Waals surface area contributed by atoms with E-state index in [-0.39, 0.29) is 41.6 Å². The number of carbonyl (C=O) groups is 1. The van der Waals surface area contributed by atoms with Crippen molar-refractivity contribution >= 4 is 27.5 Å². The summed E-state index contributed by atoms with van der Waals surface area (Å²) in [7, 11) is -3.78. The van der Waals surface area contributed by atoms with Crippen molar-refractivity contribution < 1.29 is 17.9 Å². The average Bonchev–Trinajstić information content (AvgIpc) is 2.80. The fraction of sp³-hybridized carbons (Fsp3) is 0.682. The third kappa shape index (κ3) is 5.42. The van der Waals surface area contributed by atoms with Crippen molar-refractivity contribution in [3.05, 3.63) is 29.3 Å². The van der Waals surface area contributed by atoms with Gasteiger partial charge in [0.1, 0.15) is 11.0 Å². The lowest BCUT2D eigenvalue weighted by atomic mass is 9.92. The Hall–Kier alpha value is -1.19. The molecule has 2 aliphatic heterocycles. The van der Waals surface area contributed by atoms with Gasteiger partial charge in [-0.05, 0) is 37.8 Å². The Morgan fingerprint density at radius 3 is 2.45 bits per heavy atom. The van der Waals surface area contributed by atoms with Crippen LogP contribution in [0, 0.1) is 0 Å². The zero-order chi connectivity index (χ0) is 21.8. The number of likely N-dealkylation sites (tertiary alicyclic amines) is 1. The van der Waals surface area contributed by atoms with E-state index in [0.29, 0.717) is 6.04 Å². The number of hydrogen-bond donors (Lipinski definition) is 1. The van der Waals surface area contributed by atoms with Crippen LogP contribution in [-0.2, 0) is 19.6 Å². The van der Waals surface area contributed by atoms with Crippen LogP contribution in [0.3, 0.4) is 0 Å². The van der Waals surface area contributed by atoms with E-state index in [1.807, 2.05) is 0 Å². The molecule has 3 aliphatic rings. The second kappa shape index (κ2) is 10.2. The molecule has 1 N–H and O–H groups in total. The molecule has 1 aromatic carbocycles. The molecule has 7 nitrogen and oxygen atoms in total. The van der Waals surface area contributed by atoms with Gasteiger partial charge in [-0.2, -0.15) is 4.31 Å². The average molecular weight is 470 g/mol. The third-order valence-corrected chi connectivity index (χ3v) is 9.11. The minimum atomic E-state index is -3.78. The Balaban J connectivity index is 1.31. The molecule has 31 heavy (non-hydrogen) atoms. The van der Waals surface area contributed by atoms with Crippen LogP contribution in [0.5, 0.6) is 0 Å². The highest BCUT2D eigenvalue weighted by Gasteiger charge is 2.36. The summed E-state index contributed by atoms with van der Waals surface area (Å²) in [5.41, 5.74) is 0. The molecule has 1 aliphatic carbocycles. The van der Waals surface area contributed by atoms with Gasteiger partial charge in [0.05, 0.1) is 11.6 Å². The molecule has 2 saturated heterocycles. The maximum atomic E-state index is 13.0. The van der Waals surface area contributed by atoms with Crippen LogP contribution in [0.25, 0.3) is 0 Å². The molecule has 172 valence electrons. The van der Waals surface area contributed by atoms with Crippen molar-refractivity contribution in [1.82, 2.24) is 14.5 Å². The maximum absolute atomic E-state index is 13.0. The van der Waals surface area contributed by atoms with E-state index in [1.54, 1.807) is 18.2 Å². The molecule has 1 atom stereocenters. The Morgan fingerprint density at radius 2 is 1.74 bits per heavy atom. The number of halogens is 1. The topological polar surface area (TPSA) is 79.0 Å². The smallest absolute Gasteiger partial charge is 0.250 e. The van der Waals surface area contributed by atoms with Gasteiger partial charge in [0, 0.05) is 38.3 Å². The summed E-state index contributed by atoms with van der Waals surface area (Å²) >= 11 is 6.10. The summed E-state index contributed by atoms with van der Waals surface area (Å²) in [6.45, 7) is 2.40. The molecule has 2 heterocycles. The van der Waals surface area contributed by atoms with Crippen molar-refractivity contribution in [3.8, 4) is 0 Å². The molecule has 0 spiro atoms. The van der Waals surface area contributed by atoms with Crippen LogP contribution in [-0.4, -0.2) is 74.5 Å². The lowest BCUT2D eigenvalue weighted by Gasteiger charge is -2.40. The first-order valence-electron chi connectivity index (χ1n) is 11.4. The second-order valence-electron chi connectivity index (χ2n) is 8.76. The second-order valence-corrected chi connectivity index (χ2v) is 11.1. The number of morpholine rings is 1. The monoisotopic (exact) mass is 469 g/mol. The Morgan fingerprint density at radius 1 is 1.03 bits per heavy atom. The molecular weight excluding hydrogens is 438 g/mol. The van der Waals surface area contributed by atoms with Gasteiger partial charge < -0.3 is 15.0 Å². The van der Waals surface area contributed by atoms with Crippen LogP contribution >= 0.6 is 11.6 Å². The van der Waals surface area contributed by atoms with Crippen molar-refractivity contribution in [1.29, 1.82) is 0 Å². The van der Waals surface area contributed by atoms with Crippen LogP contribution in [0.2, 0.25) is 5.02 Å². The first-order valence-corrected chi connectivity index (χ1v) is 13.2. The zero-order valence-corrected chi connectivity index (χ0v) is 19.4. The van der Waals surface area contributed by atoms with E-state index in [2.05, 4.69) is 10.2 Å². The summed E-state index contributed by atoms with van der Waals surface area (Å²) < 4.78 is 32.9. The molecular formula is C22H32ClN3O4S. The number of amides is 1. The van der Waals surface area contributed by atoms with Crippen LogP contribution in [0.1, 0.15) is 44.9 Å². The Kier molecular flexibility index (Phi) is 7.54. The van der Waals surface area contributed by atoms with Gasteiger partial charge in [-0.15, -0.1) is 0 Å². The quantitative estimate of drug-likeness (QED) is 0.717. The predicted octanol–water partition coefficient (Wildman–Crippen LogP) is 2.64. The van der Waals surface area contributed by atoms with Gasteiger partial charge >= 0.3 is 0 Å². The minimum Gasteiger partial charge on any atom is -0.366 e. The summed E-state index contributed by atoms with van der Waals surface area (Å²) in [5.74, 6) is -0.227. The van der Waals surface area contributed by atoms with E-state index in [1.165, 1.54) is 42.5 Å². The van der Waals surface area contributed by atoms with Crippen molar-refractivity contribution in [2.24, 2.45) is 0 Å². The van der Waals surface area contributed by atoms with Gasteiger partial charge in [-0.3, -0.25) is 4.79 Å². The number of rotatable bonds is 5. The van der Waals surface area contributed by atoms with Crippen molar-refractivity contribution in [2.45, 2.75) is 68.0 Å². The molecule has 4 rings (SSSR count). The van der Waals surface area contributed by atoms with Crippen LogP contribution in [0.4, 0.5) is 0 Å². The van der Waals surface area contributed by atoms with E-state index >= 15 is 0 Å². The fourth-order valence-corrected chi connectivity index (χ4v) is 6.86. The largest absolute Gasteiger partial charge is 0.366 e. The molecule has 1 aromatic rings. The summed E-state index contributed by atoms with van der Waals surface area (Å²) in [6, 6.07) is 7.20. The highest BCUT2D eigenvalue weighted by molar-refractivity contribution is 7.89. The first kappa shape index (κ1) is 23.0. The lowest BCUT2D eigenvalue weighted by molar-refractivity contribution is -0.137. The molecule has 9 heteroatoms. The van der Waals surface area contributed by atoms with Gasteiger partial charge in [-0.1, -0.05) is 43.0 Å². The van der Waals surface area contributed by atoms with E-state index < -0.39 is 16.1 Å². The number of ether oxygens (including phenoxy) is 1. The molecule has 1 amide bonds. The van der Waals surface area contributed by atoms with Gasteiger partial charge in [0.25, 0.3) is 5.91 Å². The summed E-state index contributed by atoms with van der Waals surface area (Å²) in [4.78, 5) is 15.5. The minimum absolute atomic E-state index is 0.000306. The normalized spacial score (nSPS) is 25.4. The number of benzene rings is 1. The van der Waals surface area contributed by atoms with Gasteiger partial charge in [0.2, 0.25) is 10.0 Å². The van der Waals surface area contributed by atoms with Gasteiger partial charge in [-0.25, -0.2) is 8.42 Å². The molecule has 1 saturated carbocycles.